The third kappa shape index (κ3) is 4.96. The number of aryl methyl sites for hydroxylation is 2. The molecule has 4 atom stereocenters. The number of carbonyl (C=O) groups is 3. The van der Waals surface area contributed by atoms with Gasteiger partial charge in [-0.1, -0.05) is 20.8 Å². The lowest BCUT2D eigenvalue weighted by Crippen LogP contribution is -2.23. The second kappa shape index (κ2) is 11.0. The number of alkyl halides is 3. The van der Waals surface area contributed by atoms with Gasteiger partial charge < -0.3 is 14.7 Å². The van der Waals surface area contributed by atoms with Crippen molar-refractivity contribution in [3.8, 4) is 0 Å². The van der Waals surface area contributed by atoms with E-state index in [4.69, 9.17) is 14.7 Å². The van der Waals surface area contributed by atoms with Gasteiger partial charge in [0.05, 0.1) is 29.4 Å². The maximum Gasteiger partial charge on any atom is 0.454 e. The third-order valence-corrected chi connectivity index (χ3v) is 9.90. The SMILES string of the molecule is CC[C@H]1c2cc3[nH]c4c(c5nc(cc6[nH]c(cc(n2)[C@@H]1C)c(C(=O)C(F)(F)F)c6C)[C@@H](C)[C@@H]5CCC(=O)OC)CC(=O)c4c3C. The van der Waals surface area contributed by atoms with E-state index in [-0.39, 0.29) is 59.3 Å². The largest absolute Gasteiger partial charge is 0.469 e. The molecule has 2 aliphatic heterocycles. The number of ether oxygens (including phenoxy) is 1. The summed E-state index contributed by atoms with van der Waals surface area (Å²) in [6.07, 6.45) is -3.66. The number of fused-ring (bicyclic) bond motifs is 8. The molecule has 45 heavy (non-hydrogen) atoms. The molecular weight excluding hydrogens is 585 g/mol. The van der Waals surface area contributed by atoms with Gasteiger partial charge in [-0.2, -0.15) is 13.2 Å². The fourth-order valence-corrected chi connectivity index (χ4v) is 7.30. The van der Waals surface area contributed by atoms with Crippen LogP contribution in [0.5, 0.6) is 0 Å². The van der Waals surface area contributed by atoms with Crippen molar-refractivity contribution in [1.29, 1.82) is 0 Å². The highest BCUT2D eigenvalue weighted by Crippen LogP contribution is 2.45. The smallest absolute Gasteiger partial charge is 0.454 e. The maximum absolute atomic E-state index is 13.9. The molecule has 1 aliphatic carbocycles. The third-order valence-electron chi connectivity index (χ3n) is 9.90. The number of nitrogens with one attached hydrogen (secondary N) is 2. The van der Waals surface area contributed by atoms with Crippen molar-refractivity contribution in [3.63, 3.8) is 0 Å². The van der Waals surface area contributed by atoms with Gasteiger partial charge in [0.25, 0.3) is 5.78 Å². The highest BCUT2D eigenvalue weighted by molar-refractivity contribution is 6.13. The number of esters is 1. The van der Waals surface area contributed by atoms with E-state index in [0.717, 1.165) is 28.8 Å². The molecule has 0 amide bonds. The number of aromatic amines is 2. The van der Waals surface area contributed by atoms with Crippen molar-refractivity contribution in [2.75, 3.05) is 7.11 Å². The minimum absolute atomic E-state index is 0.0213. The number of hydrogen-bond donors (Lipinski definition) is 2. The Labute approximate surface area is 257 Å². The van der Waals surface area contributed by atoms with Crippen LogP contribution in [-0.2, 0) is 16.0 Å². The Kier molecular flexibility index (Phi) is 7.48. The fourth-order valence-electron chi connectivity index (χ4n) is 7.30. The van der Waals surface area contributed by atoms with Crippen molar-refractivity contribution in [3.05, 3.63) is 68.8 Å². The summed E-state index contributed by atoms with van der Waals surface area (Å²) in [5.41, 5.74) is 6.27. The first-order valence-electron chi connectivity index (χ1n) is 15.2. The second-order valence-corrected chi connectivity index (χ2v) is 12.4. The lowest BCUT2D eigenvalue weighted by molar-refractivity contribution is -0.140. The lowest BCUT2D eigenvalue weighted by Gasteiger charge is -2.16. The molecule has 2 N–H and O–H groups in total. The first-order chi connectivity index (χ1) is 21.2. The molecule has 3 aromatic heterocycles. The van der Waals surface area contributed by atoms with Crippen LogP contribution in [0.4, 0.5) is 13.2 Å². The summed E-state index contributed by atoms with van der Waals surface area (Å²) in [5.74, 6) is -2.97. The second-order valence-electron chi connectivity index (χ2n) is 12.4. The zero-order valence-electron chi connectivity index (χ0n) is 26.0. The van der Waals surface area contributed by atoms with Gasteiger partial charge in [-0.3, -0.25) is 24.4 Å². The predicted octanol–water partition coefficient (Wildman–Crippen LogP) is 7.55. The number of halogens is 3. The average Bonchev–Trinajstić information content (AvgIpc) is 3.73. The maximum atomic E-state index is 13.9. The quantitative estimate of drug-likeness (QED) is 0.225. The number of hydrogen-bond acceptors (Lipinski definition) is 6. The Bertz CT molecular complexity index is 1940. The molecule has 0 unspecified atom stereocenters. The van der Waals surface area contributed by atoms with E-state index >= 15 is 0 Å². The zero-order chi connectivity index (χ0) is 32.5. The summed E-state index contributed by atoms with van der Waals surface area (Å²) in [6.45, 7) is 9.33. The van der Waals surface area contributed by atoms with E-state index in [9.17, 15) is 27.6 Å². The highest BCUT2D eigenvalue weighted by atomic mass is 19.4. The Hall–Kier alpha value is -4.28. The number of nitrogens with zero attached hydrogens (tertiary/aromatic N) is 2. The van der Waals surface area contributed by atoms with Crippen LogP contribution in [-0.4, -0.2) is 50.8 Å². The highest BCUT2D eigenvalue weighted by Gasteiger charge is 2.42. The normalized spacial score (nSPS) is 21.0. The van der Waals surface area contributed by atoms with E-state index < -0.39 is 17.5 Å². The summed E-state index contributed by atoms with van der Waals surface area (Å²) < 4.78 is 46.5. The molecule has 3 aromatic rings. The van der Waals surface area contributed by atoms with Crippen molar-refractivity contribution in [1.82, 2.24) is 19.9 Å². The van der Waals surface area contributed by atoms with E-state index in [1.54, 1.807) is 12.1 Å². The molecule has 6 rings (SSSR count). The van der Waals surface area contributed by atoms with Gasteiger partial charge in [-0.05, 0) is 56.0 Å². The molecule has 11 heteroatoms. The Morgan fingerprint density at radius 1 is 0.933 bits per heavy atom. The van der Waals surface area contributed by atoms with E-state index in [0.29, 0.717) is 40.1 Å². The monoisotopic (exact) mass is 620 g/mol. The molecule has 0 saturated heterocycles. The molecule has 8 bridgehead atoms. The average molecular weight is 621 g/mol. The minimum atomic E-state index is -5.07. The van der Waals surface area contributed by atoms with Gasteiger partial charge in [0.1, 0.15) is 0 Å². The van der Waals surface area contributed by atoms with Crippen molar-refractivity contribution >= 4 is 39.6 Å². The summed E-state index contributed by atoms with van der Waals surface area (Å²) >= 11 is 0. The van der Waals surface area contributed by atoms with Crippen LogP contribution in [0.15, 0.2) is 18.2 Å². The first-order valence-corrected chi connectivity index (χ1v) is 15.2. The summed E-state index contributed by atoms with van der Waals surface area (Å²) in [6, 6.07) is 5.15. The molecule has 236 valence electrons. The van der Waals surface area contributed by atoms with Gasteiger partial charge in [-0.15, -0.1) is 0 Å². The Balaban J connectivity index is 1.74. The molecule has 0 fully saturated rings. The fraction of sp³-hybridized carbons (Fsp3) is 0.441. The molecule has 0 radical (unpaired) electrons. The summed E-state index contributed by atoms with van der Waals surface area (Å²) in [4.78, 5) is 54.8. The predicted molar refractivity (Wildman–Crippen MR) is 163 cm³/mol. The summed E-state index contributed by atoms with van der Waals surface area (Å²) in [7, 11) is 1.32. The molecular formula is C34H35F3N4O4. The van der Waals surface area contributed by atoms with Crippen LogP contribution in [0.1, 0.15) is 124 Å². The van der Waals surface area contributed by atoms with Crippen LogP contribution in [0.3, 0.4) is 0 Å². The van der Waals surface area contributed by atoms with Gasteiger partial charge in [-0.25, -0.2) is 0 Å². The van der Waals surface area contributed by atoms with Gasteiger partial charge in [0, 0.05) is 75.8 Å². The van der Waals surface area contributed by atoms with Crippen LogP contribution >= 0.6 is 0 Å². The van der Waals surface area contributed by atoms with Crippen LogP contribution < -0.4 is 0 Å². The van der Waals surface area contributed by atoms with Crippen molar-refractivity contribution in [2.24, 2.45) is 0 Å². The Morgan fingerprint density at radius 3 is 2.22 bits per heavy atom. The van der Waals surface area contributed by atoms with Gasteiger partial charge in [0.2, 0.25) is 0 Å². The molecule has 0 spiro atoms. The number of carbonyl (C=O) groups excluding carboxylic acids is 3. The number of aromatic nitrogens is 4. The summed E-state index contributed by atoms with van der Waals surface area (Å²) in [5, 5.41) is 0. The zero-order valence-corrected chi connectivity index (χ0v) is 26.0. The van der Waals surface area contributed by atoms with Crippen LogP contribution in [0.2, 0.25) is 0 Å². The van der Waals surface area contributed by atoms with Crippen molar-refractivity contribution in [2.45, 2.75) is 90.1 Å². The molecule has 8 nitrogen and oxygen atoms in total. The van der Waals surface area contributed by atoms with Crippen LogP contribution in [0, 0.1) is 13.8 Å². The van der Waals surface area contributed by atoms with E-state index in [1.165, 1.54) is 14.0 Å². The van der Waals surface area contributed by atoms with E-state index in [2.05, 4.69) is 9.97 Å². The van der Waals surface area contributed by atoms with Crippen LogP contribution in [0.25, 0.3) is 22.1 Å². The standard InChI is InChI=1S/C34H35F3N4O4/c1-7-18-14(2)21-13-26-29(33(44)34(35,36)37)16(4)23(39-26)11-22-15(3)19(8-9-28(43)45-6)31(40-22)20-10-27(42)30-17(5)24(41-32(20)30)12-25(18)38-21/h11-15,18-19,39,41H,7-10H2,1-6H3/t14-,15+,18-,19+/m1/s1. The van der Waals surface area contributed by atoms with E-state index in [1.807, 2.05) is 33.8 Å². The van der Waals surface area contributed by atoms with Crippen molar-refractivity contribution < 1.29 is 32.3 Å². The number of Topliss-reactive ketones (excluding diaryl/α,β-unsaturated/α-hetero) is 2. The van der Waals surface area contributed by atoms with Gasteiger partial charge >= 0.3 is 12.1 Å². The van der Waals surface area contributed by atoms with Gasteiger partial charge in [0.15, 0.2) is 5.78 Å². The molecule has 5 heterocycles. The number of ketones is 2. The number of rotatable bonds is 5. The molecule has 0 aromatic carbocycles. The topological polar surface area (TPSA) is 118 Å². The number of H-pyrrole nitrogens is 2. The molecule has 0 saturated carbocycles. The Morgan fingerprint density at radius 2 is 1.56 bits per heavy atom. The molecule has 3 aliphatic rings. The first kappa shape index (κ1) is 30.7. The lowest BCUT2D eigenvalue weighted by atomic mass is 9.85. The number of methoxy groups -OCH3 is 1. The minimum Gasteiger partial charge on any atom is -0.469 e.